The van der Waals surface area contributed by atoms with Crippen molar-refractivity contribution in [2.24, 2.45) is 0 Å². The highest BCUT2D eigenvalue weighted by atomic mass is 32.2. The van der Waals surface area contributed by atoms with Crippen LogP contribution >= 0.6 is 12.6 Å². The van der Waals surface area contributed by atoms with Crippen LogP contribution in [0.15, 0.2) is 11.5 Å². The van der Waals surface area contributed by atoms with Gasteiger partial charge in [0.05, 0.1) is 0 Å². The third-order valence-corrected chi connectivity index (χ3v) is 3.61. The molecule has 3 heteroatoms. The van der Waals surface area contributed by atoms with Gasteiger partial charge in [0.25, 0.3) is 0 Å². The van der Waals surface area contributed by atoms with Crippen molar-refractivity contribution in [1.29, 1.82) is 0 Å². The van der Waals surface area contributed by atoms with Gasteiger partial charge in [-0.15, -0.1) is 0 Å². The molecule has 0 bridgehead atoms. The summed E-state index contributed by atoms with van der Waals surface area (Å²) >= 11 is 4.03. The molecule has 0 spiro atoms. The van der Waals surface area contributed by atoms with E-state index in [2.05, 4.69) is 26.1 Å². The van der Waals surface area contributed by atoms with Crippen molar-refractivity contribution >= 4 is 23.4 Å². The first-order chi connectivity index (χ1) is 5.72. The summed E-state index contributed by atoms with van der Waals surface area (Å²) in [6.45, 7) is 5.97. The molecule has 0 saturated heterocycles. The molecule has 12 heavy (non-hydrogen) atoms. The highest BCUT2D eigenvalue weighted by Crippen LogP contribution is 2.10. The fourth-order valence-electron chi connectivity index (χ4n) is 0.913. The van der Waals surface area contributed by atoms with Crippen LogP contribution in [0.1, 0.15) is 32.6 Å². The van der Waals surface area contributed by atoms with Crippen LogP contribution < -0.4 is 0 Å². The molecule has 0 aliphatic rings. The van der Waals surface area contributed by atoms with E-state index in [1.54, 1.807) is 0 Å². The lowest BCUT2D eigenvalue weighted by atomic mass is 10.2. The Kier molecular flexibility index (Phi) is 8.02. The summed E-state index contributed by atoms with van der Waals surface area (Å²) in [6.07, 6.45) is 4.44. The summed E-state index contributed by atoms with van der Waals surface area (Å²) in [7, 11) is -0.839. The van der Waals surface area contributed by atoms with E-state index in [0.29, 0.717) is 11.5 Å². The zero-order valence-electron chi connectivity index (χ0n) is 7.71. The van der Waals surface area contributed by atoms with E-state index >= 15 is 0 Å². The van der Waals surface area contributed by atoms with Gasteiger partial charge in [0, 0.05) is 27.2 Å². The molecule has 0 aliphatic heterocycles. The van der Waals surface area contributed by atoms with Gasteiger partial charge >= 0.3 is 0 Å². The molecular weight excluding hydrogens is 188 g/mol. The third kappa shape index (κ3) is 5.84. The highest BCUT2D eigenvalue weighted by Gasteiger charge is 2.02. The van der Waals surface area contributed by atoms with Crippen LogP contribution in [0.3, 0.4) is 0 Å². The van der Waals surface area contributed by atoms with Crippen LogP contribution in [0.5, 0.6) is 0 Å². The molecule has 0 heterocycles. The predicted octanol–water partition coefficient (Wildman–Crippen LogP) is 2.76. The molecule has 1 nitrogen and oxygen atoms in total. The van der Waals surface area contributed by atoms with E-state index in [-0.39, 0.29) is 0 Å². The number of unbranched alkanes of at least 4 members (excludes halogenated alkanes) is 2. The van der Waals surface area contributed by atoms with E-state index in [0.717, 1.165) is 17.7 Å². The third-order valence-electron chi connectivity index (χ3n) is 1.66. The van der Waals surface area contributed by atoms with E-state index in [9.17, 15) is 4.21 Å². The highest BCUT2D eigenvalue weighted by molar-refractivity contribution is 7.90. The lowest BCUT2D eigenvalue weighted by Crippen LogP contribution is -2.00. The summed E-state index contributed by atoms with van der Waals surface area (Å²) in [5.74, 6) is 1.33. The molecule has 1 unspecified atom stereocenters. The molecule has 0 radical (unpaired) electrons. The Morgan fingerprint density at radius 3 is 2.67 bits per heavy atom. The second kappa shape index (κ2) is 7.87. The first-order valence-electron chi connectivity index (χ1n) is 4.39. The normalized spacial score (nSPS) is 12.8. The van der Waals surface area contributed by atoms with Crippen molar-refractivity contribution in [2.75, 3.05) is 11.5 Å². The maximum atomic E-state index is 11.3. The first-order valence-corrected chi connectivity index (χ1v) is 6.34. The lowest BCUT2D eigenvalue weighted by Gasteiger charge is -2.03. The Morgan fingerprint density at radius 2 is 2.17 bits per heavy atom. The molecule has 0 aromatic heterocycles. The predicted molar refractivity (Wildman–Crippen MR) is 60.1 cm³/mol. The quantitative estimate of drug-likeness (QED) is 0.501. The van der Waals surface area contributed by atoms with Gasteiger partial charge < -0.3 is 0 Å². The van der Waals surface area contributed by atoms with Gasteiger partial charge in [-0.25, -0.2) is 0 Å². The minimum atomic E-state index is -0.839. The Morgan fingerprint density at radius 1 is 1.50 bits per heavy atom. The smallest absolute Gasteiger partial charge is 0.0490 e. The van der Waals surface area contributed by atoms with Gasteiger partial charge in [-0.3, -0.25) is 4.21 Å². The molecule has 72 valence electrons. The number of hydrogen-bond acceptors (Lipinski definition) is 2. The van der Waals surface area contributed by atoms with Gasteiger partial charge in [0.15, 0.2) is 0 Å². The van der Waals surface area contributed by atoms with Crippen molar-refractivity contribution in [2.45, 2.75) is 32.6 Å². The summed E-state index contributed by atoms with van der Waals surface area (Å²) < 4.78 is 11.3. The van der Waals surface area contributed by atoms with Crippen LogP contribution in [0, 0.1) is 0 Å². The maximum absolute atomic E-state index is 11.3. The van der Waals surface area contributed by atoms with Crippen LogP contribution in [-0.2, 0) is 10.8 Å². The zero-order chi connectivity index (χ0) is 9.40. The summed E-state index contributed by atoms with van der Waals surface area (Å²) in [5.41, 5.74) is 0. The van der Waals surface area contributed by atoms with Crippen LogP contribution in [0.2, 0.25) is 0 Å². The summed E-state index contributed by atoms with van der Waals surface area (Å²) in [6, 6.07) is 0. The molecule has 1 atom stereocenters. The number of thiol groups is 1. The Labute approximate surface area is 83.5 Å². The standard InChI is InChI=1S/C9H18OS2/c1-3-4-5-6-9(2)12(10)8-7-11/h11H,2-8H2,1H3. The Hall–Kier alpha value is 0.240. The van der Waals surface area contributed by atoms with Crippen LogP contribution in [0.4, 0.5) is 0 Å². The monoisotopic (exact) mass is 206 g/mol. The molecule has 0 fully saturated rings. The van der Waals surface area contributed by atoms with Crippen molar-refractivity contribution in [1.82, 2.24) is 0 Å². The fourth-order valence-corrected chi connectivity index (χ4v) is 2.24. The number of allylic oxidation sites excluding steroid dienone is 1. The zero-order valence-corrected chi connectivity index (χ0v) is 9.42. The molecule has 0 rings (SSSR count). The maximum Gasteiger partial charge on any atom is 0.0490 e. The average Bonchev–Trinajstić information content (AvgIpc) is 2.05. The van der Waals surface area contributed by atoms with Crippen molar-refractivity contribution in [3.05, 3.63) is 11.5 Å². The van der Waals surface area contributed by atoms with Crippen molar-refractivity contribution in [3.8, 4) is 0 Å². The van der Waals surface area contributed by atoms with Crippen LogP contribution in [-0.4, -0.2) is 15.7 Å². The molecule has 0 N–H and O–H groups in total. The van der Waals surface area contributed by atoms with Crippen molar-refractivity contribution in [3.63, 3.8) is 0 Å². The molecular formula is C9H18OS2. The minimum absolute atomic E-state index is 0.647. The summed E-state index contributed by atoms with van der Waals surface area (Å²) in [5, 5.41) is 0. The van der Waals surface area contributed by atoms with Crippen molar-refractivity contribution < 1.29 is 4.21 Å². The van der Waals surface area contributed by atoms with E-state index < -0.39 is 10.8 Å². The van der Waals surface area contributed by atoms with Gasteiger partial charge in [0.1, 0.15) is 0 Å². The van der Waals surface area contributed by atoms with E-state index in [4.69, 9.17) is 0 Å². The lowest BCUT2D eigenvalue weighted by molar-refractivity contribution is 0.681. The van der Waals surface area contributed by atoms with Crippen LogP contribution in [0.25, 0.3) is 0 Å². The average molecular weight is 206 g/mol. The Bertz CT molecular complexity index is 155. The largest absolute Gasteiger partial charge is 0.255 e. The second-order valence-electron chi connectivity index (χ2n) is 2.77. The molecule has 0 aromatic carbocycles. The number of rotatable bonds is 7. The van der Waals surface area contributed by atoms with E-state index in [1.807, 2.05) is 0 Å². The molecule has 0 amide bonds. The molecule has 0 aromatic rings. The second-order valence-corrected chi connectivity index (χ2v) is 4.89. The van der Waals surface area contributed by atoms with Gasteiger partial charge in [-0.1, -0.05) is 26.3 Å². The first kappa shape index (κ1) is 12.2. The molecule has 0 saturated carbocycles. The van der Waals surface area contributed by atoms with Gasteiger partial charge in [0.2, 0.25) is 0 Å². The van der Waals surface area contributed by atoms with Gasteiger partial charge in [-0.05, 0) is 12.8 Å². The number of hydrogen-bond donors (Lipinski definition) is 1. The Balaban J connectivity index is 3.50. The fraction of sp³-hybridized carbons (Fsp3) is 0.778. The summed E-state index contributed by atoms with van der Waals surface area (Å²) in [4.78, 5) is 0.887. The minimum Gasteiger partial charge on any atom is -0.255 e. The molecule has 0 aliphatic carbocycles. The van der Waals surface area contributed by atoms with Gasteiger partial charge in [-0.2, -0.15) is 12.6 Å². The van der Waals surface area contributed by atoms with E-state index in [1.165, 1.54) is 12.8 Å². The SMILES string of the molecule is C=C(CCCCC)S(=O)CCS. The topological polar surface area (TPSA) is 17.1 Å².